The van der Waals surface area contributed by atoms with Crippen LogP contribution < -0.4 is 0 Å². The monoisotopic (exact) mass is 422 g/mol. The minimum Gasteiger partial charge on any atom is -0.444 e. The molecule has 1 amide bonds. The summed E-state index contributed by atoms with van der Waals surface area (Å²) in [6.07, 6.45) is 2.53. The summed E-state index contributed by atoms with van der Waals surface area (Å²) in [5.74, 6) is -0.246. The molecule has 3 rings (SSSR count). The van der Waals surface area contributed by atoms with Gasteiger partial charge in [-0.15, -0.1) is 0 Å². The molecule has 2 aliphatic heterocycles. The standard InChI is InChI=1S/C23H35FN2O4/c1-22(2,3)30-21(27)25-12-10-23(28,11-13-25)17-26(20-8-14-29-15-9-20)16-18-4-6-19(24)7-5-18/h4-7,20,28H,8-17H2,1-3H3. The fraction of sp³-hybridized carbons (Fsp3) is 0.696. The average Bonchev–Trinajstić information content (AvgIpc) is 2.69. The van der Waals surface area contributed by atoms with Crippen LogP contribution in [0.3, 0.4) is 0 Å². The molecule has 7 heteroatoms. The minimum absolute atomic E-state index is 0.246. The van der Waals surface area contributed by atoms with Crippen molar-refractivity contribution < 1.29 is 23.8 Å². The maximum Gasteiger partial charge on any atom is 0.410 e. The first kappa shape index (κ1) is 23.0. The third kappa shape index (κ3) is 6.65. The van der Waals surface area contributed by atoms with Crippen LogP contribution >= 0.6 is 0 Å². The minimum atomic E-state index is -0.864. The zero-order chi connectivity index (χ0) is 21.8. The topological polar surface area (TPSA) is 62.2 Å². The molecule has 0 radical (unpaired) electrons. The van der Waals surface area contributed by atoms with Crippen LogP contribution in [0, 0.1) is 5.82 Å². The lowest BCUT2D eigenvalue weighted by Crippen LogP contribution is -2.54. The van der Waals surface area contributed by atoms with Crippen LogP contribution in [0.4, 0.5) is 9.18 Å². The fourth-order valence-electron chi connectivity index (χ4n) is 4.16. The predicted octanol–water partition coefficient (Wildman–Crippen LogP) is 3.57. The number of nitrogens with zero attached hydrogens (tertiary/aromatic N) is 2. The van der Waals surface area contributed by atoms with Crippen molar-refractivity contribution in [2.24, 2.45) is 0 Å². The van der Waals surface area contributed by atoms with Crippen LogP contribution in [0.15, 0.2) is 24.3 Å². The SMILES string of the molecule is CC(C)(C)OC(=O)N1CCC(O)(CN(Cc2ccc(F)cc2)C2CCOCC2)CC1. The van der Waals surface area contributed by atoms with Crippen molar-refractivity contribution in [1.29, 1.82) is 0 Å². The molecule has 2 saturated heterocycles. The Morgan fingerprint density at radius 2 is 1.83 bits per heavy atom. The normalized spacial score (nSPS) is 20.4. The molecule has 0 unspecified atom stereocenters. The van der Waals surface area contributed by atoms with Gasteiger partial charge in [0.15, 0.2) is 0 Å². The quantitative estimate of drug-likeness (QED) is 0.786. The Morgan fingerprint density at radius 3 is 2.40 bits per heavy atom. The van der Waals surface area contributed by atoms with Crippen molar-refractivity contribution in [1.82, 2.24) is 9.80 Å². The van der Waals surface area contributed by atoms with Gasteiger partial charge in [0.2, 0.25) is 0 Å². The highest BCUT2D eigenvalue weighted by molar-refractivity contribution is 5.68. The van der Waals surface area contributed by atoms with Crippen molar-refractivity contribution >= 4 is 6.09 Å². The van der Waals surface area contributed by atoms with Crippen molar-refractivity contribution in [2.45, 2.75) is 70.2 Å². The van der Waals surface area contributed by atoms with Gasteiger partial charge < -0.3 is 19.5 Å². The third-order valence-corrected chi connectivity index (χ3v) is 5.85. The van der Waals surface area contributed by atoms with Gasteiger partial charge in [-0.25, -0.2) is 9.18 Å². The molecule has 6 nitrogen and oxygen atoms in total. The third-order valence-electron chi connectivity index (χ3n) is 5.85. The molecule has 1 aromatic carbocycles. The van der Waals surface area contributed by atoms with Gasteiger partial charge in [-0.2, -0.15) is 0 Å². The molecule has 2 fully saturated rings. The smallest absolute Gasteiger partial charge is 0.410 e. The Balaban J connectivity index is 1.63. The van der Waals surface area contributed by atoms with Crippen molar-refractivity contribution in [2.75, 3.05) is 32.8 Å². The Kier molecular flexibility index (Phi) is 7.37. The number of carbonyl (C=O) groups excluding carboxylic acids is 1. The molecule has 0 spiro atoms. The van der Waals surface area contributed by atoms with Crippen LogP contribution in [-0.2, 0) is 16.0 Å². The number of likely N-dealkylation sites (tertiary alicyclic amines) is 1. The molecule has 0 atom stereocenters. The average molecular weight is 423 g/mol. The lowest BCUT2D eigenvalue weighted by molar-refractivity contribution is -0.0681. The number of rotatable bonds is 5. The van der Waals surface area contributed by atoms with E-state index in [0.717, 1.165) is 31.6 Å². The maximum absolute atomic E-state index is 13.3. The van der Waals surface area contributed by atoms with Gasteiger partial charge in [0.1, 0.15) is 11.4 Å². The molecule has 0 aromatic heterocycles. The second kappa shape index (κ2) is 9.62. The van der Waals surface area contributed by atoms with E-state index in [-0.39, 0.29) is 11.9 Å². The van der Waals surface area contributed by atoms with Crippen LogP contribution in [0.1, 0.15) is 52.0 Å². The summed E-state index contributed by atoms with van der Waals surface area (Å²) < 4.78 is 24.3. The summed E-state index contributed by atoms with van der Waals surface area (Å²) in [6, 6.07) is 6.88. The number of benzene rings is 1. The zero-order valence-corrected chi connectivity index (χ0v) is 18.4. The van der Waals surface area contributed by atoms with E-state index >= 15 is 0 Å². The van der Waals surface area contributed by atoms with Crippen LogP contribution in [0.2, 0.25) is 0 Å². The van der Waals surface area contributed by atoms with Gasteiger partial charge in [-0.3, -0.25) is 4.90 Å². The summed E-state index contributed by atoms with van der Waals surface area (Å²) in [5, 5.41) is 11.3. The molecule has 30 heavy (non-hydrogen) atoms. The summed E-state index contributed by atoms with van der Waals surface area (Å²) >= 11 is 0. The molecule has 2 aliphatic rings. The fourth-order valence-corrected chi connectivity index (χ4v) is 4.16. The highest BCUT2D eigenvalue weighted by Crippen LogP contribution is 2.28. The molecule has 1 aromatic rings. The summed E-state index contributed by atoms with van der Waals surface area (Å²) in [6.45, 7) is 9.13. The Bertz CT molecular complexity index is 690. The molecular formula is C23H35FN2O4. The van der Waals surface area contributed by atoms with Crippen molar-refractivity contribution in [3.63, 3.8) is 0 Å². The number of halogens is 1. The lowest BCUT2D eigenvalue weighted by atomic mass is 9.89. The van der Waals surface area contributed by atoms with E-state index in [1.165, 1.54) is 12.1 Å². The zero-order valence-electron chi connectivity index (χ0n) is 18.4. The number of hydrogen-bond acceptors (Lipinski definition) is 5. The molecular weight excluding hydrogens is 387 g/mol. The Morgan fingerprint density at radius 1 is 1.23 bits per heavy atom. The molecule has 1 N–H and O–H groups in total. The highest BCUT2D eigenvalue weighted by atomic mass is 19.1. The first-order valence-electron chi connectivity index (χ1n) is 10.9. The van der Waals surface area contributed by atoms with Gasteiger partial charge in [-0.05, 0) is 64.2 Å². The van der Waals surface area contributed by atoms with E-state index in [1.54, 1.807) is 17.0 Å². The van der Waals surface area contributed by atoms with E-state index < -0.39 is 11.2 Å². The number of carbonyl (C=O) groups is 1. The molecule has 0 bridgehead atoms. The molecule has 0 aliphatic carbocycles. The van der Waals surface area contributed by atoms with Crippen LogP contribution in [0.5, 0.6) is 0 Å². The van der Waals surface area contributed by atoms with Crippen LogP contribution in [0.25, 0.3) is 0 Å². The van der Waals surface area contributed by atoms with Crippen molar-refractivity contribution in [3.8, 4) is 0 Å². The lowest BCUT2D eigenvalue weighted by Gasteiger charge is -2.44. The predicted molar refractivity (Wildman–Crippen MR) is 113 cm³/mol. The molecule has 0 saturated carbocycles. The Labute approximate surface area is 178 Å². The maximum atomic E-state index is 13.3. The van der Waals surface area contributed by atoms with Gasteiger partial charge in [0.05, 0.1) is 5.60 Å². The summed E-state index contributed by atoms with van der Waals surface area (Å²) in [5.41, 5.74) is -0.367. The molecule has 2 heterocycles. The summed E-state index contributed by atoms with van der Waals surface area (Å²) in [4.78, 5) is 16.3. The van der Waals surface area contributed by atoms with Crippen molar-refractivity contribution in [3.05, 3.63) is 35.6 Å². The number of hydrogen-bond donors (Lipinski definition) is 1. The van der Waals surface area contributed by atoms with Gasteiger partial charge in [0.25, 0.3) is 0 Å². The first-order valence-corrected chi connectivity index (χ1v) is 10.9. The number of amides is 1. The number of piperidine rings is 1. The van der Waals surface area contributed by atoms with Gasteiger partial charge in [0, 0.05) is 45.4 Å². The number of ether oxygens (including phenoxy) is 2. The first-order chi connectivity index (χ1) is 14.1. The van der Waals surface area contributed by atoms with E-state index in [1.807, 2.05) is 20.8 Å². The second-order valence-electron chi connectivity index (χ2n) is 9.57. The largest absolute Gasteiger partial charge is 0.444 e. The Hall–Kier alpha value is -1.70. The molecule has 168 valence electrons. The van der Waals surface area contributed by atoms with E-state index in [9.17, 15) is 14.3 Å². The van der Waals surface area contributed by atoms with Gasteiger partial charge >= 0.3 is 6.09 Å². The second-order valence-corrected chi connectivity index (χ2v) is 9.57. The summed E-state index contributed by atoms with van der Waals surface area (Å²) in [7, 11) is 0. The van der Waals surface area contributed by atoms with E-state index in [4.69, 9.17) is 9.47 Å². The number of aliphatic hydroxyl groups is 1. The van der Waals surface area contributed by atoms with E-state index in [0.29, 0.717) is 45.1 Å². The van der Waals surface area contributed by atoms with E-state index in [2.05, 4.69) is 4.90 Å². The highest BCUT2D eigenvalue weighted by Gasteiger charge is 2.38. The van der Waals surface area contributed by atoms with Crippen LogP contribution in [-0.4, -0.2) is 71.1 Å². The van der Waals surface area contributed by atoms with Gasteiger partial charge in [-0.1, -0.05) is 12.1 Å².